The monoisotopic (exact) mass is 193 g/mol. The van der Waals surface area contributed by atoms with Gasteiger partial charge in [0.2, 0.25) is 0 Å². The number of alkyl halides is 2. The lowest BCUT2D eigenvalue weighted by atomic mass is 10.1. The minimum Gasteiger partial charge on any atom is -0.393 e. The van der Waals surface area contributed by atoms with E-state index in [4.69, 9.17) is 5.11 Å². The van der Waals surface area contributed by atoms with Gasteiger partial charge < -0.3 is 5.11 Å². The highest BCUT2D eigenvalue weighted by Crippen LogP contribution is 2.21. The van der Waals surface area contributed by atoms with E-state index in [0.29, 0.717) is 6.42 Å². The first-order valence-electron chi connectivity index (χ1n) is 4.80. The van der Waals surface area contributed by atoms with E-state index in [1.165, 1.54) is 0 Å². The zero-order valence-electron chi connectivity index (χ0n) is 7.92. The lowest BCUT2D eigenvalue weighted by Gasteiger charge is -2.24. The summed E-state index contributed by atoms with van der Waals surface area (Å²) in [4.78, 5) is 1.79. The van der Waals surface area contributed by atoms with Crippen molar-refractivity contribution in [2.45, 2.75) is 44.8 Å². The Balaban J connectivity index is 2.35. The summed E-state index contributed by atoms with van der Waals surface area (Å²) in [5.41, 5.74) is 0. The van der Waals surface area contributed by atoms with Gasteiger partial charge in [0.15, 0.2) is 0 Å². The number of hydrogen-bond donors (Lipinski definition) is 1. The Morgan fingerprint density at radius 2 is 2.23 bits per heavy atom. The van der Waals surface area contributed by atoms with Crippen LogP contribution >= 0.6 is 0 Å². The number of likely N-dealkylation sites (tertiary alicyclic amines) is 1. The molecule has 0 radical (unpaired) electrons. The van der Waals surface area contributed by atoms with Gasteiger partial charge in [-0.1, -0.05) is 0 Å². The zero-order chi connectivity index (χ0) is 9.84. The van der Waals surface area contributed by atoms with Crippen LogP contribution in [0.3, 0.4) is 0 Å². The number of halogens is 2. The van der Waals surface area contributed by atoms with E-state index in [1.54, 1.807) is 11.8 Å². The van der Waals surface area contributed by atoms with E-state index in [2.05, 4.69) is 0 Å². The molecule has 1 N–H and O–H groups in total. The number of aliphatic hydroxyl groups is 1. The Bertz CT molecular complexity index is 137. The first-order chi connectivity index (χ1) is 6.09. The van der Waals surface area contributed by atoms with Gasteiger partial charge in [0.05, 0.1) is 12.6 Å². The smallest absolute Gasteiger partial charge is 0.251 e. The molecule has 0 aliphatic carbocycles. The topological polar surface area (TPSA) is 23.5 Å². The minimum absolute atomic E-state index is 0.141. The van der Waals surface area contributed by atoms with E-state index >= 15 is 0 Å². The standard InChI is InChI=1S/C9H17F2NO/c1-7(13)5-8-3-2-4-12(8)6-9(10)11/h7-9,13H,2-6H2,1H3. The number of rotatable bonds is 4. The summed E-state index contributed by atoms with van der Waals surface area (Å²) in [6.07, 6.45) is -0.105. The van der Waals surface area contributed by atoms with Crippen LogP contribution in [0.25, 0.3) is 0 Å². The van der Waals surface area contributed by atoms with Gasteiger partial charge in [0, 0.05) is 6.04 Å². The molecule has 4 heteroatoms. The van der Waals surface area contributed by atoms with Crippen molar-refractivity contribution >= 4 is 0 Å². The molecule has 0 amide bonds. The minimum atomic E-state index is -2.26. The molecule has 1 fully saturated rings. The normalized spacial score (nSPS) is 27.0. The summed E-state index contributed by atoms with van der Waals surface area (Å²) < 4.78 is 24.2. The molecule has 2 atom stereocenters. The summed E-state index contributed by atoms with van der Waals surface area (Å²) in [5, 5.41) is 9.15. The van der Waals surface area contributed by atoms with Crippen LogP contribution in [-0.4, -0.2) is 41.7 Å². The van der Waals surface area contributed by atoms with Gasteiger partial charge in [0.25, 0.3) is 6.43 Å². The molecular weight excluding hydrogens is 176 g/mol. The number of nitrogens with zero attached hydrogens (tertiary/aromatic N) is 1. The van der Waals surface area contributed by atoms with Gasteiger partial charge in [-0.2, -0.15) is 0 Å². The summed E-state index contributed by atoms with van der Waals surface area (Å²) in [6.45, 7) is 2.32. The van der Waals surface area contributed by atoms with Crippen LogP contribution < -0.4 is 0 Å². The molecule has 0 aromatic rings. The quantitative estimate of drug-likeness (QED) is 0.731. The Morgan fingerprint density at radius 3 is 2.77 bits per heavy atom. The molecule has 13 heavy (non-hydrogen) atoms. The second-order valence-corrected chi connectivity index (χ2v) is 3.77. The highest BCUT2D eigenvalue weighted by molar-refractivity contribution is 4.80. The summed E-state index contributed by atoms with van der Waals surface area (Å²) >= 11 is 0. The maximum Gasteiger partial charge on any atom is 0.251 e. The van der Waals surface area contributed by atoms with Gasteiger partial charge in [-0.25, -0.2) is 8.78 Å². The first kappa shape index (κ1) is 10.9. The Morgan fingerprint density at radius 1 is 1.54 bits per heavy atom. The molecule has 1 aliphatic rings. The van der Waals surface area contributed by atoms with Crippen molar-refractivity contribution in [3.05, 3.63) is 0 Å². The second kappa shape index (κ2) is 4.86. The molecule has 0 aromatic carbocycles. The van der Waals surface area contributed by atoms with Gasteiger partial charge in [-0.05, 0) is 32.7 Å². The molecule has 1 heterocycles. The molecule has 0 aromatic heterocycles. The molecule has 1 rings (SSSR count). The third-order valence-corrected chi connectivity index (χ3v) is 2.48. The fourth-order valence-electron chi connectivity index (χ4n) is 1.97. The van der Waals surface area contributed by atoms with Gasteiger partial charge in [-0.15, -0.1) is 0 Å². The molecule has 2 nitrogen and oxygen atoms in total. The summed E-state index contributed by atoms with van der Waals surface area (Å²) in [7, 11) is 0. The van der Waals surface area contributed by atoms with Crippen molar-refractivity contribution in [1.82, 2.24) is 4.90 Å². The second-order valence-electron chi connectivity index (χ2n) is 3.77. The average molecular weight is 193 g/mol. The first-order valence-corrected chi connectivity index (χ1v) is 4.80. The van der Waals surface area contributed by atoms with Crippen molar-refractivity contribution < 1.29 is 13.9 Å². The van der Waals surface area contributed by atoms with Crippen molar-refractivity contribution in [3.63, 3.8) is 0 Å². The van der Waals surface area contributed by atoms with Crippen LogP contribution in [0.5, 0.6) is 0 Å². The maximum absolute atomic E-state index is 12.1. The fraction of sp³-hybridized carbons (Fsp3) is 1.00. The molecule has 78 valence electrons. The predicted molar refractivity (Wildman–Crippen MR) is 46.9 cm³/mol. The molecule has 1 aliphatic heterocycles. The highest BCUT2D eigenvalue weighted by atomic mass is 19.3. The molecule has 1 saturated heterocycles. The fourth-order valence-corrected chi connectivity index (χ4v) is 1.97. The molecule has 2 unspecified atom stereocenters. The lowest BCUT2D eigenvalue weighted by molar-refractivity contribution is 0.0660. The van der Waals surface area contributed by atoms with Crippen molar-refractivity contribution in [3.8, 4) is 0 Å². The Hall–Kier alpha value is -0.220. The average Bonchev–Trinajstić information content (AvgIpc) is 2.34. The maximum atomic E-state index is 12.1. The van der Waals surface area contributed by atoms with E-state index in [9.17, 15) is 8.78 Å². The van der Waals surface area contributed by atoms with Gasteiger partial charge in [0.1, 0.15) is 0 Å². The van der Waals surface area contributed by atoms with Crippen LogP contribution in [0.15, 0.2) is 0 Å². The number of aliphatic hydroxyl groups excluding tert-OH is 1. The van der Waals surface area contributed by atoms with E-state index in [-0.39, 0.29) is 18.7 Å². The van der Waals surface area contributed by atoms with E-state index < -0.39 is 6.43 Å². The van der Waals surface area contributed by atoms with Crippen LogP contribution in [-0.2, 0) is 0 Å². The molecule has 0 spiro atoms. The zero-order valence-corrected chi connectivity index (χ0v) is 7.92. The van der Waals surface area contributed by atoms with Crippen LogP contribution in [0, 0.1) is 0 Å². The van der Waals surface area contributed by atoms with Crippen LogP contribution in [0.1, 0.15) is 26.2 Å². The lowest BCUT2D eigenvalue weighted by Crippen LogP contribution is -2.35. The van der Waals surface area contributed by atoms with Crippen molar-refractivity contribution in [1.29, 1.82) is 0 Å². The van der Waals surface area contributed by atoms with Gasteiger partial charge in [-0.3, -0.25) is 4.90 Å². The molecule has 0 bridgehead atoms. The van der Waals surface area contributed by atoms with Crippen LogP contribution in [0.2, 0.25) is 0 Å². The Kier molecular flexibility index (Phi) is 4.06. The summed E-state index contributed by atoms with van der Waals surface area (Å²) in [5.74, 6) is 0. The molecule has 0 saturated carbocycles. The number of hydrogen-bond acceptors (Lipinski definition) is 2. The third kappa shape index (κ3) is 3.56. The highest BCUT2D eigenvalue weighted by Gasteiger charge is 2.27. The van der Waals surface area contributed by atoms with Crippen LogP contribution in [0.4, 0.5) is 8.78 Å². The largest absolute Gasteiger partial charge is 0.393 e. The van der Waals surface area contributed by atoms with Crippen molar-refractivity contribution in [2.75, 3.05) is 13.1 Å². The van der Waals surface area contributed by atoms with E-state index in [1.807, 2.05) is 0 Å². The van der Waals surface area contributed by atoms with Crippen molar-refractivity contribution in [2.24, 2.45) is 0 Å². The predicted octanol–water partition coefficient (Wildman–Crippen LogP) is 1.49. The SMILES string of the molecule is CC(O)CC1CCCN1CC(F)F. The Labute approximate surface area is 77.5 Å². The van der Waals surface area contributed by atoms with E-state index in [0.717, 1.165) is 19.4 Å². The summed E-state index contributed by atoms with van der Waals surface area (Å²) in [6, 6.07) is 0.161. The third-order valence-electron chi connectivity index (χ3n) is 2.48. The molecular formula is C9H17F2NO. The van der Waals surface area contributed by atoms with Gasteiger partial charge >= 0.3 is 0 Å².